The zero-order valence-corrected chi connectivity index (χ0v) is 32.4. The third-order valence-electron chi connectivity index (χ3n) is 9.17. The summed E-state index contributed by atoms with van der Waals surface area (Å²) in [6.45, 7) is 3.88. The van der Waals surface area contributed by atoms with E-state index in [2.05, 4.69) is 29.5 Å². The van der Waals surface area contributed by atoms with Gasteiger partial charge in [-0.3, -0.25) is 14.4 Å². The minimum absolute atomic E-state index is 0.0573. The number of esters is 2. The second-order valence-corrected chi connectivity index (χ2v) is 15.0. The molecule has 6 atom stereocenters. The molecule has 6 N–H and O–H groups in total. The van der Waals surface area contributed by atoms with Crippen molar-refractivity contribution >= 4 is 35.4 Å². The van der Waals surface area contributed by atoms with Crippen molar-refractivity contribution in [2.45, 2.75) is 179 Å². The maximum absolute atomic E-state index is 12.8. The van der Waals surface area contributed by atoms with E-state index in [1.54, 1.807) is 0 Å². The largest absolute Gasteiger partial charge is 0.462 e. The van der Waals surface area contributed by atoms with Crippen LogP contribution >= 0.6 is 11.8 Å². The van der Waals surface area contributed by atoms with Crippen LogP contribution in [0.4, 0.5) is 5.82 Å². The highest BCUT2D eigenvalue weighted by Gasteiger charge is 2.44. The van der Waals surface area contributed by atoms with Gasteiger partial charge in [0, 0.05) is 24.3 Å². The Kier molecular flexibility index (Phi) is 24.9. The Hall–Kier alpha value is -2.30. The predicted molar refractivity (Wildman–Crippen MR) is 201 cm³/mol. The first-order valence-corrected chi connectivity index (χ1v) is 20.9. The van der Waals surface area contributed by atoms with E-state index in [1.807, 2.05) is 0 Å². The van der Waals surface area contributed by atoms with Gasteiger partial charge in [0.1, 0.15) is 31.0 Å². The minimum atomic E-state index is -1.35. The summed E-state index contributed by atoms with van der Waals surface area (Å²) in [4.78, 5) is 38.0. The van der Waals surface area contributed by atoms with Crippen molar-refractivity contribution in [3.63, 3.8) is 0 Å². The van der Waals surface area contributed by atoms with E-state index in [0.717, 1.165) is 43.2 Å². The minimum Gasteiger partial charge on any atom is -0.462 e. The number of nitrogens with zero attached hydrogens (tertiary/aromatic N) is 3. The number of hydrogen-bond acceptors (Lipinski definition) is 13. The fourth-order valence-corrected chi connectivity index (χ4v) is 6.93. The normalized spacial score (nSPS) is 19.7. The summed E-state index contributed by atoms with van der Waals surface area (Å²) < 4.78 is 17.8. The number of ether oxygens (including phenoxy) is 3. The Morgan fingerprint density at radius 3 is 1.92 bits per heavy atom. The molecule has 1 unspecified atom stereocenters. The molecule has 0 radical (unpaired) electrons. The lowest BCUT2D eigenvalue weighted by molar-refractivity contribution is -0.157. The number of nitrogens with one attached hydrogen (secondary N) is 1. The quantitative estimate of drug-likeness (QED) is 0.0489. The van der Waals surface area contributed by atoms with Crippen molar-refractivity contribution < 1.29 is 43.9 Å². The molecule has 2 rings (SSSR count). The summed E-state index contributed by atoms with van der Waals surface area (Å²) in [5, 5.41) is 39.8. The second kappa shape index (κ2) is 28.2. The number of aliphatic hydroxyl groups is 3. The summed E-state index contributed by atoms with van der Waals surface area (Å²) in [5.41, 5.74) is 6.13. The third-order valence-corrected chi connectivity index (χ3v) is 10.4. The molecule has 0 saturated carbocycles. The highest BCUT2D eigenvalue weighted by Crippen LogP contribution is 2.29. The van der Waals surface area contributed by atoms with Gasteiger partial charge in [0.15, 0.2) is 12.0 Å². The van der Waals surface area contributed by atoms with Crippen LogP contribution in [0.3, 0.4) is 0 Å². The summed E-state index contributed by atoms with van der Waals surface area (Å²) in [6.07, 6.45) is 17.2. The smallest absolute Gasteiger partial charge is 0.306 e. The van der Waals surface area contributed by atoms with E-state index in [-0.39, 0.29) is 35.9 Å². The lowest BCUT2D eigenvalue weighted by atomic mass is 10.1. The van der Waals surface area contributed by atoms with E-state index >= 15 is 0 Å². The van der Waals surface area contributed by atoms with Crippen LogP contribution in [-0.4, -0.2) is 103 Å². The highest BCUT2D eigenvalue weighted by atomic mass is 32.2. The van der Waals surface area contributed by atoms with Crippen LogP contribution in [-0.2, 0) is 28.6 Å². The SMILES string of the molecule is CCCCCCCCCCCC(=O)OC[C@H](CSC[C@@H](N)C(=O)Nc1cn([C@H]2OC(CO)[C@@H](O)[C@@H]2O)nn1)OC(=O)CCCCCCCCCCC. The molecule has 1 saturated heterocycles. The van der Waals surface area contributed by atoms with Crippen molar-refractivity contribution in [2.75, 3.05) is 30.0 Å². The molecule has 300 valence electrons. The molecule has 1 aliphatic rings. The van der Waals surface area contributed by atoms with Crippen LogP contribution < -0.4 is 11.1 Å². The number of carbonyl (C=O) groups is 3. The molecular weight excluding hydrogens is 690 g/mol. The van der Waals surface area contributed by atoms with Gasteiger partial charge in [0.05, 0.1) is 18.8 Å². The number of carbonyl (C=O) groups excluding carboxylic acids is 3. The molecular formula is C37H67N5O9S. The lowest BCUT2D eigenvalue weighted by Crippen LogP contribution is -2.38. The molecule has 0 spiro atoms. The van der Waals surface area contributed by atoms with Gasteiger partial charge in [-0.05, 0) is 12.8 Å². The molecule has 0 bridgehead atoms. The topological polar surface area (TPSA) is 208 Å². The van der Waals surface area contributed by atoms with E-state index in [4.69, 9.17) is 19.9 Å². The molecule has 1 aliphatic heterocycles. The Labute approximate surface area is 314 Å². The first-order chi connectivity index (χ1) is 25.2. The molecule has 15 heteroatoms. The van der Waals surface area contributed by atoms with Crippen LogP contribution in [0.25, 0.3) is 0 Å². The molecule has 1 aromatic rings. The number of aromatic nitrogens is 3. The van der Waals surface area contributed by atoms with Crippen LogP contribution in [0, 0.1) is 0 Å². The van der Waals surface area contributed by atoms with E-state index in [1.165, 1.54) is 95.0 Å². The third kappa shape index (κ3) is 19.2. The first kappa shape index (κ1) is 45.9. The van der Waals surface area contributed by atoms with Gasteiger partial charge in [-0.1, -0.05) is 122 Å². The summed E-state index contributed by atoms with van der Waals surface area (Å²) >= 11 is 1.31. The van der Waals surface area contributed by atoms with Crippen LogP contribution in [0.5, 0.6) is 0 Å². The highest BCUT2D eigenvalue weighted by molar-refractivity contribution is 7.99. The number of amides is 1. The fourth-order valence-electron chi connectivity index (χ4n) is 5.96. The van der Waals surface area contributed by atoms with Gasteiger partial charge >= 0.3 is 11.9 Å². The van der Waals surface area contributed by atoms with E-state index in [0.29, 0.717) is 12.8 Å². The molecule has 1 fully saturated rings. The average Bonchev–Trinajstić information content (AvgIpc) is 3.71. The number of aliphatic hydroxyl groups excluding tert-OH is 3. The van der Waals surface area contributed by atoms with Crippen LogP contribution in [0.15, 0.2) is 6.20 Å². The summed E-state index contributed by atoms with van der Waals surface area (Å²) in [7, 11) is 0. The van der Waals surface area contributed by atoms with Gasteiger partial charge in [-0.2, -0.15) is 11.8 Å². The maximum atomic E-state index is 12.8. The zero-order chi connectivity index (χ0) is 38.0. The van der Waals surface area contributed by atoms with Crippen molar-refractivity contribution in [1.29, 1.82) is 0 Å². The zero-order valence-electron chi connectivity index (χ0n) is 31.6. The van der Waals surface area contributed by atoms with Crippen molar-refractivity contribution in [2.24, 2.45) is 5.73 Å². The first-order valence-electron chi connectivity index (χ1n) is 19.7. The number of thioether (sulfide) groups is 1. The second-order valence-electron chi connectivity index (χ2n) is 13.9. The number of unbranched alkanes of at least 4 members (excludes halogenated alkanes) is 16. The number of hydrogen-bond donors (Lipinski definition) is 5. The molecule has 14 nitrogen and oxygen atoms in total. The summed E-state index contributed by atoms with van der Waals surface area (Å²) in [6, 6.07) is -0.948. The molecule has 1 amide bonds. The fraction of sp³-hybridized carbons (Fsp3) is 0.865. The van der Waals surface area contributed by atoms with Gasteiger partial charge in [-0.25, -0.2) is 4.68 Å². The van der Waals surface area contributed by atoms with Gasteiger partial charge in [0.25, 0.3) is 0 Å². The Morgan fingerprint density at radius 2 is 1.38 bits per heavy atom. The predicted octanol–water partition coefficient (Wildman–Crippen LogP) is 5.19. The summed E-state index contributed by atoms with van der Waals surface area (Å²) in [5.74, 6) is -0.640. The standard InChI is InChI=1S/C37H67N5O9S/c1-3-5-7-9-11-13-15-17-19-21-32(44)49-25-28(50-33(45)22-20-18-16-14-12-10-8-6-4-2)26-52-27-29(38)36(48)39-31-23-42(41-40-31)37-35(47)34(46)30(24-43)51-37/h23,28-30,34-35,37,43,46-47H,3-22,24-27,38H2,1-2H3,(H,39,48)/t28-,29-,30?,34-,35+,37+/m1/s1. The lowest BCUT2D eigenvalue weighted by Gasteiger charge is -2.19. The van der Waals surface area contributed by atoms with E-state index in [9.17, 15) is 29.7 Å². The van der Waals surface area contributed by atoms with Crippen molar-refractivity contribution in [3.8, 4) is 0 Å². The van der Waals surface area contributed by atoms with E-state index < -0.39 is 49.2 Å². The Balaban J connectivity index is 1.77. The van der Waals surface area contributed by atoms with Crippen LogP contribution in [0.2, 0.25) is 0 Å². The maximum Gasteiger partial charge on any atom is 0.306 e. The Morgan fingerprint density at radius 1 is 0.846 bits per heavy atom. The van der Waals surface area contributed by atoms with Crippen LogP contribution in [0.1, 0.15) is 148 Å². The molecule has 0 aliphatic carbocycles. The molecule has 2 heterocycles. The van der Waals surface area contributed by atoms with Crippen molar-refractivity contribution in [1.82, 2.24) is 15.0 Å². The Bertz CT molecular complexity index is 1110. The van der Waals surface area contributed by atoms with Gasteiger partial charge in [-0.15, -0.1) is 5.10 Å². The molecule has 0 aromatic carbocycles. The monoisotopic (exact) mass is 757 g/mol. The molecule has 1 aromatic heterocycles. The number of anilines is 1. The number of nitrogens with two attached hydrogens (primary N) is 1. The molecule has 52 heavy (non-hydrogen) atoms. The number of rotatable bonds is 31. The van der Waals surface area contributed by atoms with Gasteiger partial charge in [0.2, 0.25) is 5.91 Å². The van der Waals surface area contributed by atoms with Crippen molar-refractivity contribution in [3.05, 3.63) is 6.20 Å². The average molecular weight is 758 g/mol. The van der Waals surface area contributed by atoms with Gasteiger partial charge < -0.3 is 40.6 Å².